The van der Waals surface area contributed by atoms with Crippen LogP contribution < -0.4 is 16.0 Å². The number of carbonyl (C=O) groups is 2. The molecule has 0 aliphatic carbocycles. The van der Waals surface area contributed by atoms with Crippen LogP contribution in [0.2, 0.25) is 10.0 Å². The number of nitrogens with zero attached hydrogens (tertiary/aromatic N) is 2. The number of amides is 3. The number of hydrogen-bond acceptors (Lipinski definition) is 4. The van der Waals surface area contributed by atoms with Crippen molar-refractivity contribution in [1.82, 2.24) is 25.9 Å². The Kier molecular flexibility index (Phi) is 6.51. The Labute approximate surface area is 181 Å². The molecule has 166 valence electrons. The van der Waals surface area contributed by atoms with Gasteiger partial charge in [-0.05, 0) is 18.2 Å². The summed E-state index contributed by atoms with van der Waals surface area (Å²) in [4.78, 5) is 30.9. The van der Waals surface area contributed by atoms with Crippen molar-refractivity contribution in [3.8, 4) is 0 Å². The van der Waals surface area contributed by atoms with Crippen molar-refractivity contribution in [2.45, 2.75) is 24.7 Å². The number of nitrogens with one attached hydrogen (secondary N) is 3. The number of hydrogen-bond donors (Lipinski definition) is 3. The number of carbonyl (C=O) groups excluding carboxylic acids is 2. The van der Waals surface area contributed by atoms with E-state index in [4.69, 9.17) is 23.2 Å². The zero-order valence-electron chi connectivity index (χ0n) is 15.1. The van der Waals surface area contributed by atoms with Gasteiger partial charge in [-0.15, -0.1) is 0 Å². The van der Waals surface area contributed by atoms with Crippen LogP contribution in [0.15, 0.2) is 24.4 Å². The average molecular weight is 484 g/mol. The van der Waals surface area contributed by atoms with Gasteiger partial charge in [0.05, 0.1) is 21.8 Å². The monoisotopic (exact) mass is 483 g/mol. The Bertz CT molecular complexity index is 1020. The first-order valence-electron chi connectivity index (χ1n) is 8.49. The van der Waals surface area contributed by atoms with E-state index in [1.807, 2.05) is 0 Å². The van der Waals surface area contributed by atoms with Gasteiger partial charge >= 0.3 is 12.2 Å². The van der Waals surface area contributed by atoms with Crippen LogP contribution in [-0.2, 0) is 11.0 Å². The molecule has 0 bridgehead atoms. The van der Waals surface area contributed by atoms with E-state index < -0.39 is 53.0 Å². The molecule has 2 aromatic rings. The zero-order valence-corrected chi connectivity index (χ0v) is 16.6. The lowest BCUT2D eigenvalue weighted by Gasteiger charge is -2.22. The van der Waals surface area contributed by atoms with Crippen molar-refractivity contribution >= 4 is 35.1 Å². The maximum Gasteiger partial charge on any atom is 0.434 e. The van der Waals surface area contributed by atoms with Crippen molar-refractivity contribution in [3.05, 3.63) is 57.1 Å². The minimum atomic E-state index is -4.82. The minimum absolute atomic E-state index is 0.0558. The Hall–Kier alpha value is -2.73. The fraction of sp³-hybridized carbons (Fsp3) is 0.294. The highest BCUT2D eigenvalue weighted by atomic mass is 35.5. The minimum Gasteiger partial charge on any atom is -0.342 e. The summed E-state index contributed by atoms with van der Waals surface area (Å²) in [6.45, 7) is -0.0558. The first kappa shape index (κ1) is 22.9. The molecule has 1 aliphatic rings. The Morgan fingerprint density at radius 2 is 1.94 bits per heavy atom. The smallest absolute Gasteiger partial charge is 0.342 e. The molecule has 31 heavy (non-hydrogen) atoms. The number of urea groups is 1. The molecule has 0 spiro atoms. The van der Waals surface area contributed by atoms with E-state index >= 15 is 0 Å². The standard InChI is InChI=1S/C17H12Cl2F5N5O2/c18-7-1-2-9(27-12(7)14(20)21)11(29-15(30)10-5-26-16(31)28-10)6-3-8(19)13(25-4-6)17(22,23)24/h1-4,10-11,14H,5H2,(H,29,30)(H2,26,28,31)/t10-,11?/m0/s1. The van der Waals surface area contributed by atoms with Crippen LogP contribution in [0, 0.1) is 0 Å². The third kappa shape index (κ3) is 5.13. The van der Waals surface area contributed by atoms with Gasteiger partial charge in [-0.25, -0.2) is 23.5 Å². The molecule has 1 aliphatic heterocycles. The molecule has 0 saturated carbocycles. The van der Waals surface area contributed by atoms with Crippen LogP contribution in [0.1, 0.15) is 35.1 Å². The van der Waals surface area contributed by atoms with E-state index in [9.17, 15) is 31.5 Å². The molecule has 1 saturated heterocycles. The van der Waals surface area contributed by atoms with E-state index in [0.29, 0.717) is 0 Å². The molecule has 3 N–H and O–H groups in total. The van der Waals surface area contributed by atoms with Gasteiger partial charge in [0.2, 0.25) is 5.91 Å². The molecule has 3 rings (SSSR count). The van der Waals surface area contributed by atoms with Gasteiger partial charge in [-0.1, -0.05) is 23.2 Å². The SMILES string of the molecule is O=C1NC[C@@H](C(=O)NC(c2cnc(C(F)(F)F)c(Cl)c2)c2ccc(Cl)c(C(F)F)n2)N1. The van der Waals surface area contributed by atoms with Gasteiger partial charge in [-0.2, -0.15) is 13.2 Å². The summed E-state index contributed by atoms with van der Waals surface area (Å²) in [5.41, 5.74) is -2.34. The van der Waals surface area contributed by atoms with Crippen molar-refractivity contribution in [2.75, 3.05) is 6.54 Å². The van der Waals surface area contributed by atoms with Gasteiger partial charge in [-0.3, -0.25) is 4.79 Å². The van der Waals surface area contributed by atoms with Crippen LogP contribution in [0.5, 0.6) is 0 Å². The second-order valence-electron chi connectivity index (χ2n) is 6.35. The highest BCUT2D eigenvalue weighted by molar-refractivity contribution is 6.31. The summed E-state index contributed by atoms with van der Waals surface area (Å²) in [7, 11) is 0. The number of alkyl halides is 5. The highest BCUT2D eigenvalue weighted by Gasteiger charge is 2.36. The van der Waals surface area contributed by atoms with E-state index in [0.717, 1.165) is 18.3 Å². The average Bonchev–Trinajstić information content (AvgIpc) is 3.11. The maximum absolute atomic E-state index is 13.2. The summed E-state index contributed by atoms with van der Waals surface area (Å²) in [5, 5.41) is 6.06. The van der Waals surface area contributed by atoms with Gasteiger partial charge < -0.3 is 16.0 Å². The van der Waals surface area contributed by atoms with Crippen LogP contribution in [-0.4, -0.2) is 34.5 Å². The fourth-order valence-electron chi connectivity index (χ4n) is 2.79. The summed E-state index contributed by atoms with van der Waals surface area (Å²) in [5.74, 6) is -0.741. The van der Waals surface area contributed by atoms with Crippen molar-refractivity contribution in [3.63, 3.8) is 0 Å². The first-order valence-corrected chi connectivity index (χ1v) is 9.25. The molecule has 0 radical (unpaired) electrons. The summed E-state index contributed by atoms with van der Waals surface area (Å²) in [6.07, 6.45) is -7.07. The van der Waals surface area contributed by atoms with Gasteiger partial charge in [0.1, 0.15) is 11.7 Å². The van der Waals surface area contributed by atoms with Crippen molar-refractivity contribution in [1.29, 1.82) is 0 Å². The van der Waals surface area contributed by atoms with Crippen LogP contribution >= 0.6 is 23.2 Å². The molecule has 2 atom stereocenters. The molecule has 1 fully saturated rings. The number of halogens is 7. The highest BCUT2D eigenvalue weighted by Crippen LogP contribution is 2.35. The van der Waals surface area contributed by atoms with Gasteiger partial charge in [0, 0.05) is 18.3 Å². The number of rotatable bonds is 5. The second-order valence-corrected chi connectivity index (χ2v) is 7.16. The van der Waals surface area contributed by atoms with E-state index in [2.05, 4.69) is 25.9 Å². The fourth-order valence-corrected chi connectivity index (χ4v) is 3.26. The Balaban J connectivity index is 2.02. The molecular formula is C17H12Cl2F5N5O2. The lowest BCUT2D eigenvalue weighted by atomic mass is 10.0. The maximum atomic E-state index is 13.2. The normalized spacial score (nSPS) is 17.3. The Morgan fingerprint density at radius 3 is 2.48 bits per heavy atom. The van der Waals surface area contributed by atoms with Crippen molar-refractivity contribution < 1.29 is 31.5 Å². The molecule has 7 nitrogen and oxygen atoms in total. The third-order valence-electron chi connectivity index (χ3n) is 4.24. The summed E-state index contributed by atoms with van der Waals surface area (Å²) >= 11 is 11.4. The molecular weight excluding hydrogens is 472 g/mol. The van der Waals surface area contributed by atoms with E-state index in [1.54, 1.807) is 0 Å². The number of pyridine rings is 2. The van der Waals surface area contributed by atoms with Crippen molar-refractivity contribution in [2.24, 2.45) is 0 Å². The first-order chi connectivity index (χ1) is 14.5. The van der Waals surface area contributed by atoms with Crippen LogP contribution in [0.3, 0.4) is 0 Å². The van der Waals surface area contributed by atoms with Gasteiger partial charge in [0.25, 0.3) is 6.43 Å². The van der Waals surface area contributed by atoms with E-state index in [1.165, 1.54) is 6.07 Å². The molecule has 3 heterocycles. The lowest BCUT2D eigenvalue weighted by molar-refractivity contribution is -0.141. The van der Waals surface area contributed by atoms with E-state index in [-0.39, 0.29) is 22.8 Å². The lowest BCUT2D eigenvalue weighted by Crippen LogP contribution is -2.44. The quantitative estimate of drug-likeness (QED) is 0.565. The molecule has 2 aromatic heterocycles. The Morgan fingerprint density at radius 1 is 1.23 bits per heavy atom. The third-order valence-corrected chi connectivity index (χ3v) is 4.84. The second kappa shape index (κ2) is 8.79. The molecule has 1 unspecified atom stereocenters. The molecule has 0 aromatic carbocycles. The largest absolute Gasteiger partial charge is 0.434 e. The molecule has 14 heteroatoms. The topological polar surface area (TPSA) is 96.0 Å². The predicted molar refractivity (Wildman–Crippen MR) is 98.8 cm³/mol. The summed E-state index contributed by atoms with van der Waals surface area (Å²) < 4.78 is 65.4. The zero-order chi connectivity index (χ0) is 22.9. The predicted octanol–water partition coefficient (Wildman–Crippen LogP) is 3.63. The van der Waals surface area contributed by atoms with Crippen LogP contribution in [0.4, 0.5) is 26.7 Å². The number of aromatic nitrogens is 2. The summed E-state index contributed by atoms with van der Waals surface area (Å²) in [6, 6.07) is 0.313. The van der Waals surface area contributed by atoms with Crippen LogP contribution in [0.25, 0.3) is 0 Å². The van der Waals surface area contributed by atoms with Gasteiger partial charge in [0.15, 0.2) is 5.69 Å². The molecule has 3 amide bonds.